The summed E-state index contributed by atoms with van der Waals surface area (Å²) in [5, 5.41) is 11.9. The lowest BCUT2D eigenvalue weighted by atomic mass is 10.00. The zero-order valence-corrected chi connectivity index (χ0v) is 12.8. The Morgan fingerprint density at radius 2 is 1.95 bits per heavy atom. The summed E-state index contributed by atoms with van der Waals surface area (Å²) in [6.45, 7) is 4.70. The molecule has 1 amide bonds. The molecule has 0 aliphatic rings. The molecule has 1 rings (SSSR count). The van der Waals surface area contributed by atoms with E-state index in [4.69, 9.17) is 10.9 Å². The van der Waals surface area contributed by atoms with Gasteiger partial charge >= 0.3 is 0 Å². The van der Waals surface area contributed by atoms with Gasteiger partial charge in [-0.05, 0) is 25.0 Å². The Hall–Kier alpha value is -2.04. The minimum absolute atomic E-state index is 0.0146. The molecule has 0 saturated heterocycles. The largest absolute Gasteiger partial charge is 0.409 e. The molecular weight excluding hydrogens is 266 g/mol. The number of rotatable bonds is 8. The smallest absolute Gasteiger partial charge is 0.237 e. The van der Waals surface area contributed by atoms with Gasteiger partial charge in [-0.15, -0.1) is 0 Å². The zero-order valence-electron chi connectivity index (χ0n) is 12.8. The van der Waals surface area contributed by atoms with Crippen LogP contribution < -0.4 is 10.6 Å². The quantitative estimate of drug-likeness (QED) is 0.334. The SMILES string of the molecule is CCCCN(C(=O)C(CCC)C(N)=NO)c1ccccc1. The first-order valence-electron chi connectivity index (χ1n) is 7.49. The molecule has 1 aromatic carbocycles. The number of oxime groups is 1. The van der Waals surface area contributed by atoms with Crippen LogP contribution in [0.25, 0.3) is 0 Å². The molecule has 5 heteroatoms. The molecule has 0 fully saturated rings. The molecular formula is C16H25N3O2. The minimum Gasteiger partial charge on any atom is -0.409 e. The van der Waals surface area contributed by atoms with Crippen LogP contribution in [0.3, 0.4) is 0 Å². The van der Waals surface area contributed by atoms with Crippen molar-refractivity contribution >= 4 is 17.4 Å². The first-order valence-corrected chi connectivity index (χ1v) is 7.49. The van der Waals surface area contributed by atoms with Gasteiger partial charge in [0.1, 0.15) is 0 Å². The Bertz CT molecular complexity index is 460. The van der Waals surface area contributed by atoms with Crippen LogP contribution >= 0.6 is 0 Å². The Labute approximate surface area is 126 Å². The monoisotopic (exact) mass is 291 g/mol. The van der Waals surface area contributed by atoms with Crippen molar-refractivity contribution in [3.63, 3.8) is 0 Å². The molecule has 116 valence electrons. The summed E-state index contributed by atoms with van der Waals surface area (Å²) in [4.78, 5) is 14.5. The average Bonchev–Trinajstić information content (AvgIpc) is 2.53. The second-order valence-electron chi connectivity index (χ2n) is 5.05. The second kappa shape index (κ2) is 9.00. The summed E-state index contributed by atoms with van der Waals surface area (Å²) < 4.78 is 0. The van der Waals surface area contributed by atoms with Crippen molar-refractivity contribution < 1.29 is 10.0 Å². The van der Waals surface area contributed by atoms with Crippen molar-refractivity contribution in [3.8, 4) is 0 Å². The molecule has 0 radical (unpaired) electrons. The fraction of sp³-hybridized carbons (Fsp3) is 0.500. The van der Waals surface area contributed by atoms with E-state index in [-0.39, 0.29) is 11.7 Å². The van der Waals surface area contributed by atoms with E-state index in [2.05, 4.69) is 12.1 Å². The number of benzene rings is 1. The number of unbranched alkanes of at least 4 members (excludes halogenated alkanes) is 1. The highest BCUT2D eigenvalue weighted by atomic mass is 16.4. The molecule has 0 aromatic heterocycles. The highest BCUT2D eigenvalue weighted by molar-refractivity contribution is 6.08. The third kappa shape index (κ3) is 4.77. The average molecular weight is 291 g/mol. The zero-order chi connectivity index (χ0) is 15.7. The minimum atomic E-state index is -0.572. The highest BCUT2D eigenvalue weighted by Gasteiger charge is 2.28. The van der Waals surface area contributed by atoms with E-state index in [0.29, 0.717) is 13.0 Å². The van der Waals surface area contributed by atoms with Crippen molar-refractivity contribution in [2.45, 2.75) is 39.5 Å². The van der Waals surface area contributed by atoms with Gasteiger partial charge in [0.15, 0.2) is 5.84 Å². The van der Waals surface area contributed by atoms with Crippen LogP contribution in [0.1, 0.15) is 39.5 Å². The predicted molar refractivity (Wildman–Crippen MR) is 85.5 cm³/mol. The van der Waals surface area contributed by atoms with Crippen LogP contribution in [0.4, 0.5) is 5.69 Å². The predicted octanol–water partition coefficient (Wildman–Crippen LogP) is 2.98. The molecule has 0 aliphatic heterocycles. The maximum absolute atomic E-state index is 12.8. The number of anilines is 1. The number of amides is 1. The molecule has 1 atom stereocenters. The Morgan fingerprint density at radius 1 is 1.29 bits per heavy atom. The number of para-hydroxylation sites is 1. The topological polar surface area (TPSA) is 78.9 Å². The van der Waals surface area contributed by atoms with E-state index in [1.165, 1.54) is 0 Å². The van der Waals surface area contributed by atoms with E-state index in [1.807, 2.05) is 37.3 Å². The van der Waals surface area contributed by atoms with Crippen LogP contribution in [0.2, 0.25) is 0 Å². The van der Waals surface area contributed by atoms with Crippen molar-refractivity contribution in [2.75, 3.05) is 11.4 Å². The van der Waals surface area contributed by atoms with Crippen LogP contribution in [0, 0.1) is 5.92 Å². The lowest BCUT2D eigenvalue weighted by Crippen LogP contribution is -2.42. The van der Waals surface area contributed by atoms with Gasteiger partial charge in [-0.2, -0.15) is 0 Å². The number of hydrogen-bond donors (Lipinski definition) is 2. The van der Waals surface area contributed by atoms with Crippen molar-refractivity contribution in [3.05, 3.63) is 30.3 Å². The Kier molecular flexibility index (Phi) is 7.29. The third-order valence-electron chi connectivity index (χ3n) is 3.42. The van der Waals surface area contributed by atoms with E-state index in [1.54, 1.807) is 4.90 Å². The first-order chi connectivity index (χ1) is 10.2. The van der Waals surface area contributed by atoms with Gasteiger partial charge in [-0.3, -0.25) is 4.79 Å². The fourth-order valence-electron chi connectivity index (χ4n) is 2.24. The summed E-state index contributed by atoms with van der Waals surface area (Å²) in [6, 6.07) is 9.53. The molecule has 21 heavy (non-hydrogen) atoms. The maximum Gasteiger partial charge on any atom is 0.237 e. The van der Waals surface area contributed by atoms with Gasteiger partial charge in [0.05, 0.1) is 5.92 Å². The van der Waals surface area contributed by atoms with Crippen molar-refractivity contribution in [1.29, 1.82) is 0 Å². The van der Waals surface area contributed by atoms with E-state index < -0.39 is 5.92 Å². The normalized spacial score (nSPS) is 13.0. The second-order valence-corrected chi connectivity index (χ2v) is 5.05. The number of hydrogen-bond acceptors (Lipinski definition) is 3. The molecule has 0 spiro atoms. The van der Waals surface area contributed by atoms with Gasteiger partial charge in [-0.1, -0.05) is 50.0 Å². The number of nitrogens with zero attached hydrogens (tertiary/aromatic N) is 2. The maximum atomic E-state index is 12.8. The van der Waals surface area contributed by atoms with Crippen molar-refractivity contribution in [2.24, 2.45) is 16.8 Å². The lowest BCUT2D eigenvalue weighted by molar-refractivity contribution is -0.120. The number of nitrogens with two attached hydrogens (primary N) is 1. The van der Waals surface area contributed by atoms with Gasteiger partial charge in [-0.25, -0.2) is 0 Å². The van der Waals surface area contributed by atoms with E-state index in [9.17, 15) is 4.79 Å². The van der Waals surface area contributed by atoms with Gasteiger partial charge in [0.2, 0.25) is 5.91 Å². The van der Waals surface area contributed by atoms with E-state index >= 15 is 0 Å². The number of amidine groups is 1. The molecule has 0 heterocycles. The molecule has 5 nitrogen and oxygen atoms in total. The first kappa shape index (κ1) is 17.0. The molecule has 0 saturated carbocycles. The highest BCUT2D eigenvalue weighted by Crippen LogP contribution is 2.20. The summed E-state index contributed by atoms with van der Waals surface area (Å²) >= 11 is 0. The van der Waals surface area contributed by atoms with Crippen LogP contribution in [0.5, 0.6) is 0 Å². The molecule has 0 aliphatic carbocycles. The van der Waals surface area contributed by atoms with Gasteiger partial charge < -0.3 is 15.8 Å². The number of carbonyl (C=O) groups excluding carboxylic acids is 1. The molecule has 0 bridgehead atoms. The summed E-state index contributed by atoms with van der Waals surface area (Å²) in [5.41, 5.74) is 6.55. The molecule has 1 aromatic rings. The molecule has 1 unspecified atom stereocenters. The fourth-order valence-corrected chi connectivity index (χ4v) is 2.24. The number of carbonyl (C=O) groups is 1. The van der Waals surface area contributed by atoms with Crippen LogP contribution in [0.15, 0.2) is 35.5 Å². The Balaban J connectivity index is 3.03. The van der Waals surface area contributed by atoms with Crippen LogP contribution in [-0.2, 0) is 4.79 Å². The van der Waals surface area contributed by atoms with Crippen LogP contribution in [-0.4, -0.2) is 23.5 Å². The molecule has 3 N–H and O–H groups in total. The summed E-state index contributed by atoms with van der Waals surface area (Å²) in [5.74, 6) is -0.692. The van der Waals surface area contributed by atoms with Gasteiger partial charge in [0, 0.05) is 12.2 Å². The summed E-state index contributed by atoms with van der Waals surface area (Å²) in [6.07, 6.45) is 3.28. The standard InChI is InChI=1S/C16H25N3O2/c1-3-5-12-19(13-10-7-6-8-11-13)16(20)14(9-4-2)15(17)18-21/h6-8,10-11,14,21H,3-5,9,12H2,1-2H3,(H2,17,18). The lowest BCUT2D eigenvalue weighted by Gasteiger charge is -2.27. The Morgan fingerprint density at radius 3 is 2.48 bits per heavy atom. The summed E-state index contributed by atoms with van der Waals surface area (Å²) in [7, 11) is 0. The van der Waals surface area contributed by atoms with Crippen molar-refractivity contribution in [1.82, 2.24) is 0 Å². The van der Waals surface area contributed by atoms with Gasteiger partial charge in [0.25, 0.3) is 0 Å². The van der Waals surface area contributed by atoms with E-state index in [0.717, 1.165) is 24.9 Å². The third-order valence-corrected chi connectivity index (χ3v) is 3.42.